The van der Waals surface area contributed by atoms with Crippen LogP contribution in [0.1, 0.15) is 45.1 Å². The van der Waals surface area contributed by atoms with Crippen LogP contribution in [0.3, 0.4) is 0 Å². The van der Waals surface area contributed by atoms with Crippen LogP contribution in [0.25, 0.3) is 11.3 Å². The smallest absolute Gasteiger partial charge is 0.353 e. The van der Waals surface area contributed by atoms with E-state index in [2.05, 4.69) is 20.3 Å². The Morgan fingerprint density at radius 3 is 2.12 bits per heavy atom. The first kappa shape index (κ1) is 22.2. The molecule has 0 saturated carbocycles. The van der Waals surface area contributed by atoms with Crippen LogP contribution in [0.4, 0.5) is 5.69 Å². The molecule has 2 aromatic rings. The number of carbonyl (C=O) groups excluding carboxylic acids is 1. The zero-order valence-electron chi connectivity index (χ0n) is 15.6. The van der Waals surface area contributed by atoms with Gasteiger partial charge in [0.1, 0.15) is 11.3 Å². The molecule has 1 aromatic carbocycles. The van der Waals surface area contributed by atoms with Crippen molar-refractivity contribution in [1.82, 2.24) is 10.2 Å². The molecule has 0 amide bonds. The van der Waals surface area contributed by atoms with E-state index in [0.29, 0.717) is 12.2 Å². The van der Waals surface area contributed by atoms with Crippen LogP contribution in [-0.2, 0) is 9.53 Å². The zero-order chi connectivity index (χ0) is 19.5. The number of nitrogens with zero attached hydrogens (tertiary/aromatic N) is 1. The molecular weight excluding hydrogens is 322 g/mol. The van der Waals surface area contributed by atoms with Crippen molar-refractivity contribution in [2.75, 3.05) is 12.4 Å². The van der Waals surface area contributed by atoms with Gasteiger partial charge >= 0.3 is 5.97 Å². The number of carboxylic acids is 1. The summed E-state index contributed by atoms with van der Waals surface area (Å²) in [5.41, 5.74) is 2.27. The van der Waals surface area contributed by atoms with Gasteiger partial charge in [0.2, 0.25) is 0 Å². The second-order valence-electron chi connectivity index (χ2n) is 5.63. The van der Waals surface area contributed by atoms with E-state index in [1.165, 1.54) is 6.07 Å². The monoisotopic (exact) mass is 349 g/mol. The molecule has 0 bridgehead atoms. The summed E-state index contributed by atoms with van der Waals surface area (Å²) in [6.45, 7) is 9.92. The standard InChI is InChI=1S/C11H11N3O2.C5H10O2.C2H6/c1-12-8-4-2-7(3-5-8)9-6-10(11(15)16)14-13-9;1-5(2,3)7-4-6;1-2/h2-6,12H,1H3,(H,13,14)(H,15,16);4H,1-3H3;1-2H3. The van der Waals surface area contributed by atoms with E-state index in [1.54, 1.807) is 0 Å². The van der Waals surface area contributed by atoms with E-state index in [0.717, 1.165) is 11.3 Å². The second kappa shape index (κ2) is 10.9. The number of ether oxygens (including phenoxy) is 1. The maximum absolute atomic E-state index is 10.7. The maximum atomic E-state index is 10.7. The lowest BCUT2D eigenvalue weighted by Crippen LogP contribution is -2.17. The summed E-state index contributed by atoms with van der Waals surface area (Å²) in [7, 11) is 1.84. The number of aromatic carboxylic acids is 1. The lowest BCUT2D eigenvalue weighted by molar-refractivity contribution is -0.138. The van der Waals surface area contributed by atoms with Gasteiger partial charge in [-0.2, -0.15) is 5.10 Å². The number of benzene rings is 1. The number of hydrogen-bond acceptors (Lipinski definition) is 5. The van der Waals surface area contributed by atoms with Crippen LogP contribution in [-0.4, -0.2) is 40.4 Å². The first-order valence-electron chi connectivity index (χ1n) is 7.95. The molecule has 0 unspecified atom stereocenters. The average molecular weight is 349 g/mol. The lowest BCUT2D eigenvalue weighted by atomic mass is 10.1. The number of aromatic nitrogens is 2. The van der Waals surface area contributed by atoms with Crippen molar-refractivity contribution in [2.45, 2.75) is 40.2 Å². The van der Waals surface area contributed by atoms with Gasteiger partial charge in [0.15, 0.2) is 0 Å². The molecule has 25 heavy (non-hydrogen) atoms. The van der Waals surface area contributed by atoms with Gasteiger partial charge < -0.3 is 15.2 Å². The van der Waals surface area contributed by atoms with Gasteiger partial charge in [-0.3, -0.25) is 9.89 Å². The highest BCUT2D eigenvalue weighted by Crippen LogP contribution is 2.19. The largest absolute Gasteiger partial charge is 0.477 e. The quantitative estimate of drug-likeness (QED) is 0.725. The molecular formula is C18H27N3O4. The molecule has 0 atom stereocenters. The Balaban J connectivity index is 0.000000544. The number of aromatic amines is 1. The predicted octanol–water partition coefficient (Wildman–Crippen LogP) is 3.80. The van der Waals surface area contributed by atoms with Gasteiger partial charge in [0.05, 0.1) is 5.69 Å². The third kappa shape index (κ3) is 8.55. The van der Waals surface area contributed by atoms with E-state index in [-0.39, 0.29) is 11.3 Å². The van der Waals surface area contributed by atoms with Crippen molar-refractivity contribution < 1.29 is 19.4 Å². The highest BCUT2D eigenvalue weighted by Gasteiger charge is 2.09. The summed E-state index contributed by atoms with van der Waals surface area (Å²) in [5, 5.41) is 18.2. The molecule has 1 aromatic heterocycles. The van der Waals surface area contributed by atoms with Crippen LogP contribution in [0, 0.1) is 0 Å². The van der Waals surface area contributed by atoms with E-state index < -0.39 is 5.97 Å². The molecule has 138 valence electrons. The first-order valence-corrected chi connectivity index (χ1v) is 7.95. The van der Waals surface area contributed by atoms with Crippen molar-refractivity contribution in [3.8, 4) is 11.3 Å². The predicted molar refractivity (Wildman–Crippen MR) is 98.8 cm³/mol. The summed E-state index contributed by atoms with van der Waals surface area (Å²) in [6, 6.07) is 9.09. The van der Waals surface area contributed by atoms with Gasteiger partial charge in [-0.05, 0) is 39.0 Å². The molecule has 7 heteroatoms. The number of anilines is 1. The fraction of sp³-hybridized carbons (Fsp3) is 0.389. The van der Waals surface area contributed by atoms with Crippen molar-refractivity contribution in [2.24, 2.45) is 0 Å². The fourth-order valence-electron chi connectivity index (χ4n) is 1.53. The van der Waals surface area contributed by atoms with Crippen LogP contribution in [0.15, 0.2) is 30.3 Å². The van der Waals surface area contributed by atoms with Crippen LogP contribution < -0.4 is 5.32 Å². The molecule has 0 aliphatic rings. The van der Waals surface area contributed by atoms with Crippen molar-refractivity contribution in [3.63, 3.8) is 0 Å². The molecule has 7 nitrogen and oxygen atoms in total. The Hall–Kier alpha value is -2.83. The normalized spacial score (nSPS) is 9.68. The van der Waals surface area contributed by atoms with Crippen molar-refractivity contribution >= 4 is 18.1 Å². The SMILES string of the molecule is CC.CC(C)(C)OC=O.CNc1ccc(-c2cc(C(=O)O)[nH]n2)cc1. The molecule has 1 heterocycles. The second-order valence-corrected chi connectivity index (χ2v) is 5.63. The Kier molecular flexibility index (Phi) is 9.62. The Bertz CT molecular complexity index is 643. The number of carboxylic acid groups (broad SMARTS) is 1. The summed E-state index contributed by atoms with van der Waals surface area (Å²) in [4.78, 5) is 20.3. The lowest BCUT2D eigenvalue weighted by Gasteiger charge is -2.14. The average Bonchev–Trinajstić information content (AvgIpc) is 3.07. The minimum Gasteiger partial charge on any atom is -0.477 e. The molecule has 0 aliphatic carbocycles. The number of nitrogens with one attached hydrogen (secondary N) is 2. The first-order chi connectivity index (χ1) is 11.8. The van der Waals surface area contributed by atoms with Gasteiger partial charge in [-0.25, -0.2) is 4.79 Å². The highest BCUT2D eigenvalue weighted by molar-refractivity contribution is 5.86. The molecule has 0 radical (unpaired) electrons. The fourth-order valence-corrected chi connectivity index (χ4v) is 1.53. The summed E-state index contributed by atoms with van der Waals surface area (Å²) < 4.78 is 4.55. The molecule has 0 spiro atoms. The molecule has 3 N–H and O–H groups in total. The third-order valence-corrected chi connectivity index (χ3v) is 2.68. The Morgan fingerprint density at radius 2 is 1.80 bits per heavy atom. The molecule has 0 aliphatic heterocycles. The molecule has 2 rings (SSSR count). The van der Waals surface area contributed by atoms with E-state index in [1.807, 2.05) is 65.9 Å². The molecule has 0 saturated heterocycles. The topological polar surface area (TPSA) is 104 Å². The number of H-pyrrole nitrogens is 1. The van der Waals surface area contributed by atoms with Gasteiger partial charge in [-0.1, -0.05) is 26.0 Å². The van der Waals surface area contributed by atoms with Gasteiger partial charge in [0.25, 0.3) is 6.47 Å². The Labute approximate surface area is 148 Å². The number of rotatable bonds is 4. The van der Waals surface area contributed by atoms with Crippen LogP contribution in [0.5, 0.6) is 0 Å². The Morgan fingerprint density at radius 1 is 1.24 bits per heavy atom. The van der Waals surface area contributed by atoms with E-state index in [9.17, 15) is 9.59 Å². The van der Waals surface area contributed by atoms with E-state index >= 15 is 0 Å². The highest BCUT2D eigenvalue weighted by atomic mass is 16.5. The third-order valence-electron chi connectivity index (χ3n) is 2.68. The van der Waals surface area contributed by atoms with Crippen molar-refractivity contribution in [3.05, 3.63) is 36.0 Å². The van der Waals surface area contributed by atoms with Crippen LogP contribution >= 0.6 is 0 Å². The summed E-state index contributed by atoms with van der Waals surface area (Å²) >= 11 is 0. The summed E-state index contributed by atoms with van der Waals surface area (Å²) in [5.74, 6) is -1.01. The number of carbonyl (C=O) groups is 2. The number of hydrogen-bond donors (Lipinski definition) is 3. The van der Waals surface area contributed by atoms with Crippen LogP contribution in [0.2, 0.25) is 0 Å². The van der Waals surface area contributed by atoms with Gasteiger partial charge in [-0.15, -0.1) is 0 Å². The maximum Gasteiger partial charge on any atom is 0.353 e. The van der Waals surface area contributed by atoms with E-state index in [4.69, 9.17) is 5.11 Å². The van der Waals surface area contributed by atoms with Gasteiger partial charge in [0, 0.05) is 18.3 Å². The minimum absolute atomic E-state index is 0.0905. The minimum atomic E-state index is -1.01. The molecule has 0 fully saturated rings. The summed E-state index contributed by atoms with van der Waals surface area (Å²) in [6.07, 6.45) is 0. The zero-order valence-corrected chi connectivity index (χ0v) is 15.6. The van der Waals surface area contributed by atoms with Crippen molar-refractivity contribution in [1.29, 1.82) is 0 Å².